The molecule has 1 saturated heterocycles. The van der Waals surface area contributed by atoms with Gasteiger partial charge in [-0.25, -0.2) is 0 Å². The number of rotatable bonds is 7. The van der Waals surface area contributed by atoms with Gasteiger partial charge in [-0.2, -0.15) is 0 Å². The first kappa shape index (κ1) is 16.4. The Hall–Kier alpha value is -0.610. The molecule has 0 aliphatic carbocycles. The van der Waals surface area contributed by atoms with E-state index in [0.717, 1.165) is 32.5 Å². The number of carbonyl (C=O) groups excluding carboxylic acids is 1. The molecule has 0 aromatic rings. The first-order valence-corrected chi connectivity index (χ1v) is 7.78. The fraction of sp³-hybridized carbons (Fsp3) is 0.933. The van der Waals surface area contributed by atoms with E-state index in [9.17, 15) is 4.79 Å². The third-order valence-corrected chi connectivity index (χ3v) is 4.03. The Morgan fingerprint density at radius 2 is 1.89 bits per heavy atom. The molecule has 0 saturated carbocycles. The highest BCUT2D eigenvalue weighted by Gasteiger charge is 2.21. The first-order chi connectivity index (χ1) is 9.02. The number of carbonyl (C=O) groups is 1. The smallest absolute Gasteiger partial charge is 0.234 e. The molecule has 0 radical (unpaired) electrons. The maximum atomic E-state index is 11.9. The number of amides is 1. The van der Waals surface area contributed by atoms with Gasteiger partial charge in [-0.05, 0) is 38.6 Å². The van der Waals surface area contributed by atoms with E-state index in [1.54, 1.807) is 0 Å². The third kappa shape index (κ3) is 6.39. The van der Waals surface area contributed by atoms with E-state index in [0.29, 0.717) is 18.5 Å². The normalized spacial score (nSPS) is 19.6. The molecular formula is C15H31N3O. The second-order valence-corrected chi connectivity index (χ2v) is 6.10. The van der Waals surface area contributed by atoms with Crippen molar-refractivity contribution in [1.82, 2.24) is 15.5 Å². The van der Waals surface area contributed by atoms with Crippen molar-refractivity contribution in [2.75, 3.05) is 26.2 Å². The second kappa shape index (κ2) is 8.54. The molecule has 1 amide bonds. The minimum absolute atomic E-state index is 0.168. The molecule has 0 aromatic heterocycles. The number of likely N-dealkylation sites (tertiary alicyclic amines) is 1. The van der Waals surface area contributed by atoms with Crippen molar-refractivity contribution in [2.24, 2.45) is 5.92 Å². The number of nitrogens with one attached hydrogen (secondary N) is 2. The van der Waals surface area contributed by atoms with Crippen LogP contribution in [0.4, 0.5) is 0 Å². The maximum absolute atomic E-state index is 11.9. The molecule has 0 bridgehead atoms. The lowest BCUT2D eigenvalue weighted by atomic mass is 10.0. The molecule has 1 aliphatic rings. The Morgan fingerprint density at radius 1 is 1.26 bits per heavy atom. The Morgan fingerprint density at radius 3 is 2.42 bits per heavy atom. The summed E-state index contributed by atoms with van der Waals surface area (Å²) < 4.78 is 0. The molecule has 4 heteroatoms. The van der Waals surface area contributed by atoms with Crippen LogP contribution < -0.4 is 10.6 Å². The maximum Gasteiger partial charge on any atom is 0.234 e. The molecule has 1 unspecified atom stereocenters. The first-order valence-electron chi connectivity index (χ1n) is 7.78. The van der Waals surface area contributed by atoms with Crippen LogP contribution in [0.3, 0.4) is 0 Å². The zero-order valence-electron chi connectivity index (χ0n) is 13.0. The Kier molecular flexibility index (Phi) is 7.39. The molecule has 1 aliphatic heterocycles. The van der Waals surface area contributed by atoms with Crippen LogP contribution in [0.25, 0.3) is 0 Å². The summed E-state index contributed by atoms with van der Waals surface area (Å²) in [5, 5.41) is 6.64. The van der Waals surface area contributed by atoms with Gasteiger partial charge >= 0.3 is 0 Å². The van der Waals surface area contributed by atoms with E-state index >= 15 is 0 Å². The zero-order valence-corrected chi connectivity index (χ0v) is 13.0. The van der Waals surface area contributed by atoms with Crippen molar-refractivity contribution in [2.45, 2.75) is 59.0 Å². The highest BCUT2D eigenvalue weighted by atomic mass is 16.2. The molecule has 1 rings (SSSR count). The minimum Gasteiger partial charge on any atom is -0.352 e. The van der Waals surface area contributed by atoms with Crippen molar-refractivity contribution in [3.63, 3.8) is 0 Å². The van der Waals surface area contributed by atoms with Gasteiger partial charge in [0.1, 0.15) is 0 Å². The van der Waals surface area contributed by atoms with E-state index in [-0.39, 0.29) is 11.9 Å². The lowest BCUT2D eigenvalue weighted by molar-refractivity contribution is -0.123. The number of hydrogen-bond acceptors (Lipinski definition) is 3. The SMILES string of the molecule is CCCNC1CCN(CC(=O)NC(C)C(C)C)CC1. The highest BCUT2D eigenvalue weighted by Crippen LogP contribution is 2.10. The molecular weight excluding hydrogens is 238 g/mol. The van der Waals surface area contributed by atoms with Crippen LogP contribution in [-0.4, -0.2) is 49.1 Å². The van der Waals surface area contributed by atoms with Gasteiger partial charge in [0.2, 0.25) is 5.91 Å². The predicted molar refractivity (Wildman–Crippen MR) is 80.2 cm³/mol. The quantitative estimate of drug-likeness (QED) is 0.738. The average Bonchev–Trinajstić information content (AvgIpc) is 2.37. The summed E-state index contributed by atoms with van der Waals surface area (Å²) in [6.45, 7) is 12.3. The van der Waals surface area contributed by atoms with Crippen molar-refractivity contribution in [1.29, 1.82) is 0 Å². The molecule has 0 aromatic carbocycles. The molecule has 4 nitrogen and oxygen atoms in total. The van der Waals surface area contributed by atoms with Gasteiger partial charge < -0.3 is 10.6 Å². The van der Waals surface area contributed by atoms with E-state index in [4.69, 9.17) is 0 Å². The minimum atomic E-state index is 0.168. The van der Waals surface area contributed by atoms with Gasteiger partial charge in [-0.15, -0.1) is 0 Å². The van der Waals surface area contributed by atoms with Crippen LogP contribution in [0.5, 0.6) is 0 Å². The van der Waals surface area contributed by atoms with E-state index in [2.05, 4.69) is 43.2 Å². The largest absolute Gasteiger partial charge is 0.352 e. The average molecular weight is 269 g/mol. The summed E-state index contributed by atoms with van der Waals surface area (Å²) in [5.74, 6) is 0.661. The van der Waals surface area contributed by atoms with Crippen LogP contribution in [0.2, 0.25) is 0 Å². The van der Waals surface area contributed by atoms with E-state index in [1.807, 2.05) is 0 Å². The van der Waals surface area contributed by atoms with Gasteiger partial charge in [0.15, 0.2) is 0 Å². The van der Waals surface area contributed by atoms with Gasteiger partial charge in [-0.1, -0.05) is 20.8 Å². The summed E-state index contributed by atoms with van der Waals surface area (Å²) >= 11 is 0. The lowest BCUT2D eigenvalue weighted by Crippen LogP contribution is -2.48. The molecule has 112 valence electrons. The van der Waals surface area contributed by atoms with Crippen molar-refractivity contribution in [3.05, 3.63) is 0 Å². The predicted octanol–water partition coefficient (Wildman–Crippen LogP) is 1.61. The fourth-order valence-electron chi connectivity index (χ4n) is 2.31. The lowest BCUT2D eigenvalue weighted by Gasteiger charge is -2.32. The summed E-state index contributed by atoms with van der Waals surface area (Å²) in [5.41, 5.74) is 0. The molecule has 1 heterocycles. The van der Waals surface area contributed by atoms with E-state index in [1.165, 1.54) is 6.42 Å². The summed E-state index contributed by atoms with van der Waals surface area (Å²) in [6, 6.07) is 0.908. The van der Waals surface area contributed by atoms with Gasteiger partial charge in [0.05, 0.1) is 6.54 Å². The van der Waals surface area contributed by atoms with Crippen LogP contribution in [0.1, 0.15) is 47.0 Å². The Labute approximate surface area is 118 Å². The highest BCUT2D eigenvalue weighted by molar-refractivity contribution is 5.78. The summed E-state index contributed by atoms with van der Waals surface area (Å²) in [7, 11) is 0. The van der Waals surface area contributed by atoms with Gasteiger partial charge in [0, 0.05) is 25.2 Å². The monoisotopic (exact) mass is 269 g/mol. The van der Waals surface area contributed by atoms with Crippen LogP contribution in [0.15, 0.2) is 0 Å². The molecule has 1 fully saturated rings. The van der Waals surface area contributed by atoms with Crippen molar-refractivity contribution in [3.8, 4) is 0 Å². The summed E-state index contributed by atoms with van der Waals surface area (Å²) in [6.07, 6.45) is 3.51. The number of piperidine rings is 1. The van der Waals surface area contributed by atoms with Crippen LogP contribution >= 0.6 is 0 Å². The standard InChI is InChI=1S/C15H31N3O/c1-5-8-16-14-6-9-18(10-7-14)11-15(19)17-13(4)12(2)3/h12-14,16H,5-11H2,1-4H3,(H,17,19). The number of hydrogen-bond donors (Lipinski definition) is 2. The van der Waals surface area contributed by atoms with Crippen molar-refractivity contribution < 1.29 is 4.79 Å². The Bertz CT molecular complexity index is 260. The zero-order chi connectivity index (χ0) is 14.3. The molecule has 1 atom stereocenters. The fourth-order valence-corrected chi connectivity index (χ4v) is 2.31. The Balaban J connectivity index is 2.19. The van der Waals surface area contributed by atoms with Crippen molar-refractivity contribution >= 4 is 5.91 Å². The van der Waals surface area contributed by atoms with E-state index < -0.39 is 0 Å². The second-order valence-electron chi connectivity index (χ2n) is 6.10. The summed E-state index contributed by atoms with van der Waals surface area (Å²) in [4.78, 5) is 14.2. The topological polar surface area (TPSA) is 44.4 Å². The number of nitrogens with zero attached hydrogens (tertiary/aromatic N) is 1. The van der Waals surface area contributed by atoms with Gasteiger partial charge in [0.25, 0.3) is 0 Å². The molecule has 19 heavy (non-hydrogen) atoms. The van der Waals surface area contributed by atoms with Crippen LogP contribution in [0, 0.1) is 5.92 Å². The molecule has 0 spiro atoms. The van der Waals surface area contributed by atoms with Crippen LogP contribution in [-0.2, 0) is 4.79 Å². The van der Waals surface area contributed by atoms with Gasteiger partial charge in [-0.3, -0.25) is 9.69 Å². The third-order valence-electron chi connectivity index (χ3n) is 4.03. The molecule has 2 N–H and O–H groups in total.